The number of ether oxygens (including phenoxy) is 4. The van der Waals surface area contributed by atoms with Crippen LogP contribution in [0.2, 0.25) is 0 Å². The van der Waals surface area contributed by atoms with Crippen LogP contribution in [0.1, 0.15) is 41.5 Å². The summed E-state index contributed by atoms with van der Waals surface area (Å²) in [5.74, 6) is 1.90. The molecule has 0 fully saturated rings. The van der Waals surface area contributed by atoms with Crippen LogP contribution in [0, 0.1) is 0 Å². The second kappa shape index (κ2) is 10.5. The van der Waals surface area contributed by atoms with Gasteiger partial charge in [0.1, 0.15) is 34.5 Å². The van der Waals surface area contributed by atoms with Gasteiger partial charge in [0.15, 0.2) is 0 Å². The first-order valence-corrected chi connectivity index (χ1v) is 9.97. The fourth-order valence-corrected chi connectivity index (χ4v) is 2.42. The zero-order valence-corrected chi connectivity index (χ0v) is 19.3. The van der Waals surface area contributed by atoms with E-state index in [-0.39, 0.29) is 0 Å². The Bertz CT molecular complexity index is 1060. The molecule has 0 saturated carbocycles. The molecule has 0 aromatic heterocycles. The predicted molar refractivity (Wildman–Crippen MR) is 124 cm³/mol. The van der Waals surface area contributed by atoms with Gasteiger partial charge in [-0.2, -0.15) is 0 Å². The topological polar surface area (TPSA) is 71.1 Å². The molecule has 0 radical (unpaired) electrons. The van der Waals surface area contributed by atoms with Crippen molar-refractivity contribution in [2.45, 2.75) is 41.5 Å². The summed E-state index contributed by atoms with van der Waals surface area (Å²) in [6.07, 6.45) is 0. The average molecular weight is 437 g/mol. The normalized spacial score (nSPS) is 12.3. The van der Waals surface area contributed by atoms with Crippen LogP contribution in [0.3, 0.4) is 0 Å². The van der Waals surface area contributed by atoms with Crippen LogP contribution in [0.25, 0.3) is 10.8 Å². The number of carbonyl (C=O) groups excluding carboxylic acids is 2. The fourth-order valence-electron chi connectivity index (χ4n) is 2.42. The van der Waals surface area contributed by atoms with Crippen molar-refractivity contribution in [1.29, 1.82) is 0 Å². The average Bonchev–Trinajstić information content (AvgIpc) is 2.73. The molecule has 0 aliphatic carbocycles. The van der Waals surface area contributed by atoms with Crippen molar-refractivity contribution >= 4 is 22.7 Å². The molecule has 0 heterocycles. The van der Waals surface area contributed by atoms with Gasteiger partial charge >= 0.3 is 11.9 Å². The molecule has 6 heteroatoms. The summed E-state index contributed by atoms with van der Waals surface area (Å²) in [6.45, 7) is 17.1. The number of hydrogen-bond donors (Lipinski definition) is 0. The number of esters is 2. The van der Waals surface area contributed by atoms with E-state index in [0.717, 1.165) is 10.8 Å². The Balaban J connectivity index is 2.17. The monoisotopic (exact) mass is 436 g/mol. The van der Waals surface area contributed by atoms with E-state index in [2.05, 4.69) is 13.2 Å². The molecular formula is C26H28O6. The second-order valence-corrected chi connectivity index (χ2v) is 7.44. The van der Waals surface area contributed by atoms with Crippen molar-refractivity contribution in [3.63, 3.8) is 0 Å². The van der Waals surface area contributed by atoms with Gasteiger partial charge in [-0.3, -0.25) is 0 Å². The number of benzene rings is 2. The first-order valence-electron chi connectivity index (χ1n) is 9.97. The van der Waals surface area contributed by atoms with Gasteiger partial charge in [0.2, 0.25) is 0 Å². The molecule has 0 amide bonds. The molecule has 2 aromatic rings. The van der Waals surface area contributed by atoms with Gasteiger partial charge in [-0.1, -0.05) is 25.3 Å². The van der Waals surface area contributed by atoms with Crippen molar-refractivity contribution in [2.24, 2.45) is 0 Å². The first-order chi connectivity index (χ1) is 15.0. The fraction of sp³-hybridized carbons (Fsp3) is 0.231. The molecule has 168 valence electrons. The van der Waals surface area contributed by atoms with Crippen molar-refractivity contribution in [3.8, 4) is 11.5 Å². The van der Waals surface area contributed by atoms with Gasteiger partial charge in [-0.05, 0) is 76.6 Å². The van der Waals surface area contributed by atoms with E-state index in [0.29, 0.717) is 45.7 Å². The molecule has 0 aliphatic rings. The number of carbonyl (C=O) groups is 2. The maximum atomic E-state index is 11.7. The third-order valence-corrected chi connectivity index (χ3v) is 4.51. The summed E-state index contributed by atoms with van der Waals surface area (Å²) in [6, 6.07) is 11.2. The second-order valence-electron chi connectivity index (χ2n) is 7.44. The van der Waals surface area contributed by atoms with Crippen LogP contribution in [0.5, 0.6) is 11.5 Å². The van der Waals surface area contributed by atoms with Gasteiger partial charge in [-0.15, -0.1) is 0 Å². The molecule has 0 saturated heterocycles. The Morgan fingerprint density at radius 1 is 0.594 bits per heavy atom. The first kappa shape index (κ1) is 24.5. The highest BCUT2D eigenvalue weighted by molar-refractivity contribution is 5.88. The zero-order valence-electron chi connectivity index (χ0n) is 19.3. The third kappa shape index (κ3) is 6.60. The van der Waals surface area contributed by atoms with Gasteiger partial charge in [0.25, 0.3) is 0 Å². The minimum Gasteiger partial charge on any atom is -0.458 e. The highest BCUT2D eigenvalue weighted by Gasteiger charge is 2.11. The quantitative estimate of drug-likeness (QED) is 0.273. The summed E-state index contributed by atoms with van der Waals surface area (Å²) < 4.78 is 22.1. The molecule has 2 rings (SSSR count). The lowest BCUT2D eigenvalue weighted by Crippen LogP contribution is -2.06. The molecule has 0 bridgehead atoms. The van der Waals surface area contributed by atoms with Crippen LogP contribution < -0.4 is 9.47 Å². The SMILES string of the molecule is C=C(C)C(=O)OC(C)=C(C)Oc1ccc2cc(OC(C)=C(C)OC(=O)C(=C)C)ccc2c1. The van der Waals surface area contributed by atoms with E-state index >= 15 is 0 Å². The zero-order chi connectivity index (χ0) is 24.0. The molecule has 0 aliphatic heterocycles. The Kier molecular flexibility index (Phi) is 8.02. The van der Waals surface area contributed by atoms with Crippen LogP contribution in [0.15, 0.2) is 83.7 Å². The van der Waals surface area contributed by atoms with E-state index in [1.165, 1.54) is 0 Å². The lowest BCUT2D eigenvalue weighted by atomic mass is 10.1. The lowest BCUT2D eigenvalue weighted by Gasteiger charge is -2.12. The highest BCUT2D eigenvalue weighted by Crippen LogP contribution is 2.27. The van der Waals surface area contributed by atoms with Gasteiger partial charge < -0.3 is 18.9 Å². The Hall–Kier alpha value is -3.80. The molecule has 0 spiro atoms. The molecule has 0 N–H and O–H groups in total. The van der Waals surface area contributed by atoms with Crippen molar-refractivity contribution in [2.75, 3.05) is 0 Å². The Morgan fingerprint density at radius 3 is 1.25 bits per heavy atom. The standard InChI is InChI=1S/C26H28O6/c1-15(2)25(27)31-19(7)17(5)29-23-11-9-22-14-24(12-10-21(22)13-23)30-18(6)20(8)32-26(28)16(3)4/h9-14H,1,3H2,2,4-8H3. The minimum atomic E-state index is -0.495. The van der Waals surface area contributed by atoms with E-state index in [9.17, 15) is 9.59 Å². The summed E-state index contributed by atoms with van der Waals surface area (Å²) >= 11 is 0. The maximum absolute atomic E-state index is 11.7. The highest BCUT2D eigenvalue weighted by atomic mass is 16.6. The number of rotatable bonds is 8. The van der Waals surface area contributed by atoms with E-state index in [1.54, 1.807) is 41.5 Å². The molecule has 0 atom stereocenters. The number of fused-ring (bicyclic) bond motifs is 1. The van der Waals surface area contributed by atoms with Crippen molar-refractivity contribution < 1.29 is 28.5 Å². The molecular weight excluding hydrogens is 408 g/mol. The lowest BCUT2D eigenvalue weighted by molar-refractivity contribution is -0.136. The van der Waals surface area contributed by atoms with Crippen molar-refractivity contribution in [3.05, 3.63) is 83.7 Å². The molecule has 32 heavy (non-hydrogen) atoms. The molecule has 2 aromatic carbocycles. The predicted octanol–water partition coefficient (Wildman–Crippen LogP) is 6.34. The summed E-state index contributed by atoms with van der Waals surface area (Å²) in [7, 11) is 0. The number of hydrogen-bond acceptors (Lipinski definition) is 6. The van der Waals surface area contributed by atoms with Crippen LogP contribution in [0.4, 0.5) is 0 Å². The van der Waals surface area contributed by atoms with E-state index < -0.39 is 11.9 Å². The molecule has 6 nitrogen and oxygen atoms in total. The van der Waals surface area contributed by atoms with Gasteiger partial charge in [-0.25, -0.2) is 9.59 Å². The van der Waals surface area contributed by atoms with E-state index in [4.69, 9.17) is 18.9 Å². The minimum absolute atomic E-state index is 0.315. The van der Waals surface area contributed by atoms with Gasteiger partial charge in [0.05, 0.1) is 0 Å². The Morgan fingerprint density at radius 2 is 0.938 bits per heavy atom. The Labute approximate surface area is 188 Å². The van der Waals surface area contributed by atoms with Gasteiger partial charge in [0, 0.05) is 11.1 Å². The summed E-state index contributed by atoms with van der Waals surface area (Å²) in [4.78, 5) is 23.3. The van der Waals surface area contributed by atoms with Crippen LogP contribution in [-0.2, 0) is 19.1 Å². The van der Waals surface area contributed by atoms with Crippen LogP contribution in [-0.4, -0.2) is 11.9 Å². The van der Waals surface area contributed by atoms with E-state index in [1.807, 2.05) is 36.4 Å². The summed E-state index contributed by atoms with van der Waals surface area (Å²) in [5.41, 5.74) is 0.630. The third-order valence-electron chi connectivity index (χ3n) is 4.51. The number of allylic oxidation sites excluding steroid dienone is 4. The largest absolute Gasteiger partial charge is 0.458 e. The van der Waals surface area contributed by atoms with Crippen molar-refractivity contribution in [1.82, 2.24) is 0 Å². The maximum Gasteiger partial charge on any atom is 0.338 e. The summed E-state index contributed by atoms with van der Waals surface area (Å²) in [5, 5.41) is 1.87. The smallest absolute Gasteiger partial charge is 0.338 e. The van der Waals surface area contributed by atoms with Crippen LogP contribution >= 0.6 is 0 Å². The molecule has 0 unspecified atom stereocenters.